The normalized spacial score (nSPS) is 15.4. The third-order valence-corrected chi connectivity index (χ3v) is 5.89. The molecule has 0 heterocycles. The van der Waals surface area contributed by atoms with Gasteiger partial charge < -0.3 is 10.2 Å². The number of nitrogens with zero attached hydrogens (tertiary/aromatic N) is 1. The zero-order valence-electron chi connectivity index (χ0n) is 17.6. The van der Waals surface area contributed by atoms with Gasteiger partial charge >= 0.3 is 0 Å². The highest BCUT2D eigenvalue weighted by molar-refractivity contribution is 5.87. The van der Waals surface area contributed by atoms with E-state index in [1.807, 2.05) is 30.3 Å². The van der Waals surface area contributed by atoms with E-state index in [9.17, 15) is 14.0 Å². The first kappa shape index (κ1) is 22.0. The molecule has 3 rings (SSSR count). The summed E-state index contributed by atoms with van der Waals surface area (Å²) in [6.07, 6.45) is 6.27. The average Bonchev–Trinajstić information content (AvgIpc) is 2.78. The van der Waals surface area contributed by atoms with Crippen LogP contribution in [0.1, 0.15) is 56.6 Å². The Labute approximate surface area is 178 Å². The summed E-state index contributed by atoms with van der Waals surface area (Å²) in [5.41, 5.74) is 1.49. The van der Waals surface area contributed by atoms with Gasteiger partial charge in [0.15, 0.2) is 0 Å². The average molecular weight is 411 g/mol. The van der Waals surface area contributed by atoms with E-state index in [0.29, 0.717) is 12.0 Å². The molecule has 2 aromatic carbocycles. The largest absolute Gasteiger partial charge is 0.352 e. The summed E-state index contributed by atoms with van der Waals surface area (Å²) in [7, 11) is 0. The van der Waals surface area contributed by atoms with Crippen molar-refractivity contribution in [3.8, 4) is 0 Å². The lowest BCUT2D eigenvalue weighted by molar-refractivity contribution is -0.141. The Bertz CT molecular complexity index is 834. The molecule has 1 fully saturated rings. The number of rotatable bonds is 8. The molecule has 0 bridgehead atoms. The summed E-state index contributed by atoms with van der Waals surface area (Å²) in [6.45, 7) is 1.82. The van der Waals surface area contributed by atoms with E-state index in [-0.39, 0.29) is 36.6 Å². The molecule has 1 aliphatic rings. The fraction of sp³-hybridized carbons (Fsp3) is 0.440. The van der Waals surface area contributed by atoms with Gasteiger partial charge in [-0.3, -0.25) is 9.59 Å². The summed E-state index contributed by atoms with van der Waals surface area (Å²) in [6, 6.07) is 15.7. The Kier molecular flexibility index (Phi) is 8.00. The van der Waals surface area contributed by atoms with Crippen LogP contribution in [0.15, 0.2) is 54.6 Å². The van der Waals surface area contributed by atoms with Gasteiger partial charge in [-0.2, -0.15) is 0 Å². The number of carbonyl (C=O) groups excluding carboxylic acids is 2. The number of carbonyl (C=O) groups is 2. The number of halogens is 1. The number of hydrogen-bond donors (Lipinski definition) is 1. The van der Waals surface area contributed by atoms with Crippen LogP contribution in [0.25, 0.3) is 0 Å². The molecular formula is C25H31FN2O2. The zero-order chi connectivity index (χ0) is 21.3. The van der Waals surface area contributed by atoms with Crippen LogP contribution in [0.5, 0.6) is 0 Å². The van der Waals surface area contributed by atoms with Crippen LogP contribution >= 0.6 is 0 Å². The minimum Gasteiger partial charge on any atom is -0.352 e. The Hall–Kier alpha value is -2.69. The summed E-state index contributed by atoms with van der Waals surface area (Å²) >= 11 is 0. The molecule has 160 valence electrons. The third-order valence-electron chi connectivity index (χ3n) is 5.89. The minimum absolute atomic E-state index is 0.0829. The van der Waals surface area contributed by atoms with Crippen molar-refractivity contribution in [3.05, 3.63) is 71.5 Å². The van der Waals surface area contributed by atoms with Crippen LogP contribution < -0.4 is 5.32 Å². The second kappa shape index (κ2) is 10.9. The molecule has 4 nitrogen and oxygen atoms in total. The van der Waals surface area contributed by atoms with Gasteiger partial charge in [-0.25, -0.2) is 4.39 Å². The molecule has 2 amide bonds. The van der Waals surface area contributed by atoms with E-state index in [4.69, 9.17) is 0 Å². The summed E-state index contributed by atoms with van der Waals surface area (Å²) < 4.78 is 14.3. The molecule has 0 aliphatic heterocycles. The lowest BCUT2D eigenvalue weighted by atomic mass is 9.95. The zero-order valence-corrected chi connectivity index (χ0v) is 17.6. The number of amides is 2. The van der Waals surface area contributed by atoms with E-state index in [1.54, 1.807) is 25.1 Å². The van der Waals surface area contributed by atoms with E-state index in [2.05, 4.69) is 5.32 Å². The topological polar surface area (TPSA) is 49.4 Å². The Balaban J connectivity index is 1.71. The quantitative estimate of drug-likeness (QED) is 0.690. The van der Waals surface area contributed by atoms with Crippen molar-refractivity contribution >= 4 is 11.8 Å². The van der Waals surface area contributed by atoms with Crippen molar-refractivity contribution in [3.63, 3.8) is 0 Å². The summed E-state index contributed by atoms with van der Waals surface area (Å²) in [5.74, 6) is -0.669. The van der Waals surface area contributed by atoms with Gasteiger partial charge in [0.25, 0.3) is 0 Å². The molecule has 1 N–H and O–H groups in total. The van der Waals surface area contributed by atoms with Crippen molar-refractivity contribution in [2.75, 3.05) is 0 Å². The fourth-order valence-electron chi connectivity index (χ4n) is 4.00. The van der Waals surface area contributed by atoms with Gasteiger partial charge in [-0.15, -0.1) is 0 Å². The first-order valence-corrected chi connectivity index (χ1v) is 10.9. The maximum Gasteiger partial charge on any atom is 0.242 e. The maximum absolute atomic E-state index is 14.3. The van der Waals surface area contributed by atoms with Gasteiger partial charge in [0, 0.05) is 24.6 Å². The van der Waals surface area contributed by atoms with E-state index in [0.717, 1.165) is 31.2 Å². The third kappa shape index (κ3) is 6.15. The Morgan fingerprint density at radius 2 is 1.70 bits per heavy atom. The van der Waals surface area contributed by atoms with Crippen LogP contribution in [0.4, 0.5) is 4.39 Å². The molecule has 0 spiro atoms. The van der Waals surface area contributed by atoms with Crippen molar-refractivity contribution in [2.45, 2.75) is 70.5 Å². The molecule has 0 aromatic heterocycles. The van der Waals surface area contributed by atoms with E-state index in [1.165, 1.54) is 17.4 Å². The van der Waals surface area contributed by atoms with Crippen LogP contribution in [0.3, 0.4) is 0 Å². The monoisotopic (exact) mass is 410 g/mol. The first-order chi connectivity index (χ1) is 14.5. The van der Waals surface area contributed by atoms with Crippen molar-refractivity contribution < 1.29 is 14.0 Å². The maximum atomic E-state index is 14.3. The van der Waals surface area contributed by atoms with Gasteiger partial charge in [-0.1, -0.05) is 67.8 Å². The number of aryl methyl sites for hydroxylation is 1. The molecule has 2 aromatic rings. The highest BCUT2D eigenvalue weighted by Gasteiger charge is 2.28. The fourth-order valence-corrected chi connectivity index (χ4v) is 4.00. The van der Waals surface area contributed by atoms with Crippen molar-refractivity contribution in [1.29, 1.82) is 0 Å². The molecule has 1 saturated carbocycles. The summed E-state index contributed by atoms with van der Waals surface area (Å²) in [4.78, 5) is 27.5. The van der Waals surface area contributed by atoms with Gasteiger partial charge in [0.05, 0.1) is 0 Å². The molecule has 1 aliphatic carbocycles. The van der Waals surface area contributed by atoms with E-state index >= 15 is 0 Å². The lowest BCUT2D eigenvalue weighted by Gasteiger charge is -2.31. The standard InChI is InChI=1S/C25H31FN2O2/c1-19(25(30)27-22-13-6-3-7-14-22)28(18-21-12-8-9-15-23(21)26)24(29)17-16-20-10-4-2-5-11-20/h2,4-5,8-12,15,19,22H,3,6-7,13-14,16-18H2,1H3,(H,27,30). The Morgan fingerprint density at radius 3 is 2.40 bits per heavy atom. The van der Waals surface area contributed by atoms with Crippen LogP contribution in [0.2, 0.25) is 0 Å². The van der Waals surface area contributed by atoms with E-state index < -0.39 is 6.04 Å². The summed E-state index contributed by atoms with van der Waals surface area (Å²) in [5, 5.41) is 3.10. The highest BCUT2D eigenvalue weighted by Crippen LogP contribution is 2.19. The molecule has 1 unspecified atom stereocenters. The smallest absolute Gasteiger partial charge is 0.242 e. The molecule has 1 atom stereocenters. The molecule has 0 saturated heterocycles. The van der Waals surface area contributed by atoms with Gasteiger partial charge in [0.2, 0.25) is 11.8 Å². The second-order valence-electron chi connectivity index (χ2n) is 8.12. The van der Waals surface area contributed by atoms with Crippen LogP contribution in [-0.2, 0) is 22.6 Å². The number of nitrogens with one attached hydrogen (secondary N) is 1. The first-order valence-electron chi connectivity index (χ1n) is 10.9. The minimum atomic E-state index is -0.658. The number of hydrogen-bond acceptors (Lipinski definition) is 2. The molecule has 5 heteroatoms. The predicted octanol–water partition coefficient (Wildman–Crippen LogP) is 4.62. The van der Waals surface area contributed by atoms with Crippen molar-refractivity contribution in [2.24, 2.45) is 0 Å². The second-order valence-corrected chi connectivity index (χ2v) is 8.12. The molecule has 30 heavy (non-hydrogen) atoms. The lowest BCUT2D eigenvalue weighted by Crippen LogP contribution is -2.50. The predicted molar refractivity (Wildman–Crippen MR) is 116 cm³/mol. The van der Waals surface area contributed by atoms with Crippen molar-refractivity contribution in [1.82, 2.24) is 10.2 Å². The van der Waals surface area contributed by atoms with Crippen LogP contribution in [-0.4, -0.2) is 28.8 Å². The highest BCUT2D eigenvalue weighted by atomic mass is 19.1. The molecular weight excluding hydrogens is 379 g/mol. The Morgan fingerprint density at radius 1 is 1.03 bits per heavy atom. The van der Waals surface area contributed by atoms with Gasteiger partial charge in [0.1, 0.15) is 11.9 Å². The SMILES string of the molecule is CC(C(=O)NC1CCCCC1)N(Cc1ccccc1F)C(=O)CCc1ccccc1. The molecule has 0 radical (unpaired) electrons. The van der Waals surface area contributed by atoms with Crippen LogP contribution in [0, 0.1) is 5.82 Å². The van der Waals surface area contributed by atoms with Gasteiger partial charge in [-0.05, 0) is 37.8 Å². The number of benzene rings is 2.